The van der Waals surface area contributed by atoms with Crippen molar-refractivity contribution in [1.29, 1.82) is 0 Å². The summed E-state index contributed by atoms with van der Waals surface area (Å²) in [5.74, 6) is -2.88. The number of carboxylic acids is 1. The number of carbonyl (C=O) groups excluding carboxylic acids is 1. The van der Waals surface area contributed by atoms with Gasteiger partial charge in [-0.05, 0) is 60.4 Å². The van der Waals surface area contributed by atoms with Crippen LogP contribution in [0.2, 0.25) is 0 Å². The van der Waals surface area contributed by atoms with Crippen LogP contribution in [-0.2, 0) is 9.59 Å². The highest BCUT2D eigenvalue weighted by molar-refractivity contribution is 6.36. The van der Waals surface area contributed by atoms with Crippen LogP contribution in [0.15, 0.2) is 42.5 Å². The van der Waals surface area contributed by atoms with E-state index in [1.165, 1.54) is 6.07 Å². The SMILES string of the molecule is O=C(O)C(=O)Nc1ccc(-c2cc3cc(F)c(-c4nn[nH]n4)cc3n2C2CCC2)cc1. The van der Waals surface area contributed by atoms with Crippen LogP contribution in [0.4, 0.5) is 10.1 Å². The van der Waals surface area contributed by atoms with Crippen LogP contribution in [0.25, 0.3) is 33.5 Å². The lowest BCUT2D eigenvalue weighted by atomic mass is 9.92. The van der Waals surface area contributed by atoms with Gasteiger partial charge in [0.2, 0.25) is 5.82 Å². The van der Waals surface area contributed by atoms with Crippen molar-refractivity contribution in [2.75, 3.05) is 5.32 Å². The van der Waals surface area contributed by atoms with E-state index in [-0.39, 0.29) is 11.4 Å². The van der Waals surface area contributed by atoms with Crippen molar-refractivity contribution < 1.29 is 19.1 Å². The number of aromatic nitrogens is 5. The number of hydrogen-bond donors (Lipinski definition) is 3. The largest absolute Gasteiger partial charge is 0.474 e. The van der Waals surface area contributed by atoms with Crippen molar-refractivity contribution in [1.82, 2.24) is 25.2 Å². The minimum absolute atomic E-state index is 0.195. The highest BCUT2D eigenvalue weighted by atomic mass is 19.1. The van der Waals surface area contributed by atoms with Crippen molar-refractivity contribution in [2.24, 2.45) is 0 Å². The Morgan fingerprint density at radius 3 is 2.55 bits per heavy atom. The molecule has 9 nitrogen and oxygen atoms in total. The molecule has 3 N–H and O–H groups in total. The van der Waals surface area contributed by atoms with E-state index in [4.69, 9.17) is 5.11 Å². The van der Waals surface area contributed by atoms with Crippen LogP contribution in [0.3, 0.4) is 0 Å². The molecule has 1 saturated carbocycles. The molecule has 5 rings (SSSR count). The van der Waals surface area contributed by atoms with Crippen molar-refractivity contribution in [3.8, 4) is 22.6 Å². The van der Waals surface area contributed by atoms with Gasteiger partial charge in [-0.15, -0.1) is 10.2 Å². The molecule has 0 atom stereocenters. The van der Waals surface area contributed by atoms with E-state index in [9.17, 15) is 14.0 Å². The van der Waals surface area contributed by atoms with Crippen LogP contribution < -0.4 is 5.32 Å². The summed E-state index contributed by atoms with van der Waals surface area (Å²) in [6.07, 6.45) is 3.18. The van der Waals surface area contributed by atoms with Gasteiger partial charge in [-0.25, -0.2) is 9.18 Å². The highest BCUT2D eigenvalue weighted by Gasteiger charge is 2.25. The van der Waals surface area contributed by atoms with Gasteiger partial charge in [0, 0.05) is 28.3 Å². The zero-order chi connectivity index (χ0) is 21.5. The maximum absolute atomic E-state index is 14.7. The highest BCUT2D eigenvalue weighted by Crippen LogP contribution is 2.41. The molecule has 2 aromatic carbocycles. The number of anilines is 1. The van der Waals surface area contributed by atoms with Crippen LogP contribution in [0.5, 0.6) is 0 Å². The van der Waals surface area contributed by atoms with E-state index in [1.807, 2.05) is 6.07 Å². The molecule has 0 spiro atoms. The third-order valence-corrected chi connectivity index (χ3v) is 5.59. The van der Waals surface area contributed by atoms with Gasteiger partial charge in [0.15, 0.2) is 0 Å². The Hall–Kier alpha value is -4.08. The summed E-state index contributed by atoms with van der Waals surface area (Å²) >= 11 is 0. The van der Waals surface area contributed by atoms with Gasteiger partial charge in [0.1, 0.15) is 5.82 Å². The Morgan fingerprint density at radius 2 is 1.94 bits per heavy atom. The van der Waals surface area contributed by atoms with E-state index in [0.717, 1.165) is 41.4 Å². The second-order valence-corrected chi connectivity index (χ2v) is 7.45. The molecule has 2 heterocycles. The van der Waals surface area contributed by atoms with Gasteiger partial charge in [-0.2, -0.15) is 5.21 Å². The van der Waals surface area contributed by atoms with Gasteiger partial charge in [-0.1, -0.05) is 12.1 Å². The number of nitrogens with zero attached hydrogens (tertiary/aromatic N) is 4. The predicted molar refractivity (Wildman–Crippen MR) is 110 cm³/mol. The third-order valence-electron chi connectivity index (χ3n) is 5.59. The topological polar surface area (TPSA) is 126 Å². The summed E-state index contributed by atoms with van der Waals surface area (Å²) < 4.78 is 16.9. The number of fused-ring (bicyclic) bond motifs is 1. The molecular weight excluding hydrogens is 403 g/mol. The average Bonchev–Trinajstić information content (AvgIpc) is 3.35. The molecule has 4 aromatic rings. The van der Waals surface area contributed by atoms with E-state index in [1.54, 1.807) is 30.3 Å². The Balaban J connectivity index is 1.60. The number of H-pyrrole nitrogens is 1. The molecule has 1 aliphatic rings. The molecule has 1 amide bonds. The number of rotatable bonds is 4. The molecule has 1 fully saturated rings. The van der Waals surface area contributed by atoms with Crippen molar-refractivity contribution in [2.45, 2.75) is 25.3 Å². The van der Waals surface area contributed by atoms with Gasteiger partial charge in [-0.3, -0.25) is 4.79 Å². The number of carboxylic acid groups (broad SMARTS) is 1. The number of aliphatic carboxylic acids is 1. The van der Waals surface area contributed by atoms with Crippen LogP contribution in [0.1, 0.15) is 25.3 Å². The number of aromatic amines is 1. The fourth-order valence-corrected chi connectivity index (χ4v) is 3.86. The smallest absolute Gasteiger partial charge is 0.394 e. The first-order valence-electron chi connectivity index (χ1n) is 9.74. The van der Waals surface area contributed by atoms with Crippen molar-refractivity contribution in [3.63, 3.8) is 0 Å². The number of halogens is 1. The molecule has 0 unspecified atom stereocenters. The van der Waals surface area contributed by atoms with Gasteiger partial charge in [0.25, 0.3) is 0 Å². The summed E-state index contributed by atoms with van der Waals surface area (Å²) in [4.78, 5) is 22.1. The summed E-state index contributed by atoms with van der Waals surface area (Å²) in [7, 11) is 0. The van der Waals surface area contributed by atoms with Crippen LogP contribution >= 0.6 is 0 Å². The minimum atomic E-state index is -1.55. The lowest BCUT2D eigenvalue weighted by Gasteiger charge is -2.30. The molecule has 2 aromatic heterocycles. The molecule has 31 heavy (non-hydrogen) atoms. The summed E-state index contributed by atoms with van der Waals surface area (Å²) in [5.41, 5.74) is 3.33. The van der Waals surface area contributed by atoms with E-state index >= 15 is 0 Å². The maximum Gasteiger partial charge on any atom is 0.394 e. The molecule has 156 valence electrons. The minimum Gasteiger partial charge on any atom is -0.474 e. The van der Waals surface area contributed by atoms with Crippen LogP contribution in [-0.4, -0.2) is 42.2 Å². The zero-order valence-corrected chi connectivity index (χ0v) is 16.2. The van der Waals surface area contributed by atoms with E-state index < -0.39 is 17.7 Å². The molecule has 0 saturated heterocycles. The first-order valence-corrected chi connectivity index (χ1v) is 9.74. The number of tetrazole rings is 1. The number of amides is 1. The Labute approximate surface area is 174 Å². The zero-order valence-electron chi connectivity index (χ0n) is 16.2. The normalized spacial score (nSPS) is 13.8. The van der Waals surface area contributed by atoms with Crippen LogP contribution in [0, 0.1) is 5.82 Å². The van der Waals surface area contributed by atoms with Gasteiger partial charge < -0.3 is 15.0 Å². The monoisotopic (exact) mass is 420 g/mol. The fraction of sp³-hybridized carbons (Fsp3) is 0.190. The molecule has 0 radical (unpaired) electrons. The molecule has 10 heteroatoms. The molecule has 0 bridgehead atoms. The quantitative estimate of drug-likeness (QED) is 0.435. The fourth-order valence-electron chi connectivity index (χ4n) is 3.86. The third kappa shape index (κ3) is 3.31. The lowest BCUT2D eigenvalue weighted by Crippen LogP contribution is -2.21. The first-order chi connectivity index (χ1) is 15.0. The maximum atomic E-state index is 14.7. The first kappa shape index (κ1) is 18.9. The molecular formula is C21H17FN6O3. The summed E-state index contributed by atoms with van der Waals surface area (Å²) in [6, 6.07) is 12.3. The summed E-state index contributed by atoms with van der Waals surface area (Å²) in [5, 5.41) is 25.5. The molecule has 1 aliphatic carbocycles. The van der Waals surface area contributed by atoms with Crippen molar-refractivity contribution >= 4 is 28.5 Å². The lowest BCUT2D eigenvalue weighted by molar-refractivity contribution is -0.147. The van der Waals surface area contributed by atoms with Gasteiger partial charge >= 0.3 is 11.9 Å². The van der Waals surface area contributed by atoms with E-state index in [2.05, 4.69) is 30.5 Å². The average molecular weight is 420 g/mol. The standard InChI is InChI=1S/C21H17FN6O3/c22-16-8-12-9-17(11-4-6-13(7-5-11)23-20(29)21(30)31)28(14-2-1-3-14)18(12)10-15(16)19-24-26-27-25-19/h4-10,14H,1-3H2,(H,23,29)(H,30,31)(H,24,25,26,27). The number of carbonyl (C=O) groups is 2. The predicted octanol–water partition coefficient (Wildman–Crippen LogP) is 3.38. The number of hydrogen-bond acceptors (Lipinski definition) is 5. The second kappa shape index (κ2) is 7.31. The Morgan fingerprint density at radius 1 is 1.16 bits per heavy atom. The Kier molecular flexibility index (Phi) is 4.46. The van der Waals surface area contributed by atoms with Gasteiger partial charge in [0.05, 0.1) is 5.56 Å². The van der Waals surface area contributed by atoms with Crippen molar-refractivity contribution in [3.05, 3.63) is 48.3 Å². The second-order valence-electron chi connectivity index (χ2n) is 7.45. The number of nitrogens with one attached hydrogen (secondary N) is 2. The Bertz CT molecular complexity index is 1290. The number of benzene rings is 2. The van der Waals surface area contributed by atoms with E-state index in [0.29, 0.717) is 11.7 Å². The summed E-state index contributed by atoms with van der Waals surface area (Å²) in [6.45, 7) is 0. The molecule has 0 aliphatic heterocycles.